The predicted octanol–water partition coefficient (Wildman–Crippen LogP) is 0.945. The number of hydrogen-bond donors (Lipinski definition) is 2. The second kappa shape index (κ2) is 6.37. The van der Waals surface area contributed by atoms with E-state index in [2.05, 4.69) is 5.32 Å². The maximum atomic E-state index is 12.4. The van der Waals surface area contributed by atoms with E-state index in [1.165, 1.54) is 0 Å². The van der Waals surface area contributed by atoms with Gasteiger partial charge in [0.05, 0.1) is 5.92 Å². The van der Waals surface area contributed by atoms with Gasteiger partial charge in [0.2, 0.25) is 5.91 Å². The molecule has 0 aromatic carbocycles. The van der Waals surface area contributed by atoms with Crippen LogP contribution >= 0.6 is 0 Å². The summed E-state index contributed by atoms with van der Waals surface area (Å²) in [5.74, 6) is 0.139. The number of rotatable bonds is 4. The van der Waals surface area contributed by atoms with Crippen LogP contribution in [0.1, 0.15) is 32.6 Å². The molecule has 1 amide bonds. The number of hydrogen-bond acceptors (Lipinski definition) is 3. The van der Waals surface area contributed by atoms with E-state index in [1.807, 2.05) is 11.8 Å². The largest absolute Gasteiger partial charge is 0.481 e. The number of carbonyl (C=O) groups is 2. The summed E-state index contributed by atoms with van der Waals surface area (Å²) >= 11 is 0. The summed E-state index contributed by atoms with van der Waals surface area (Å²) in [6.07, 6.45) is 3.18. The lowest BCUT2D eigenvalue weighted by molar-refractivity contribution is -0.139. The molecule has 0 spiro atoms. The van der Waals surface area contributed by atoms with Crippen molar-refractivity contribution < 1.29 is 14.7 Å². The third-order valence-corrected chi connectivity index (χ3v) is 4.48. The molecule has 0 saturated carbocycles. The van der Waals surface area contributed by atoms with E-state index in [9.17, 15) is 9.59 Å². The number of carboxylic acid groups (broad SMARTS) is 1. The van der Waals surface area contributed by atoms with Crippen molar-refractivity contribution in [3.63, 3.8) is 0 Å². The summed E-state index contributed by atoms with van der Waals surface area (Å²) in [6, 6.07) is 0. The van der Waals surface area contributed by atoms with Crippen LogP contribution in [0.15, 0.2) is 0 Å². The summed E-state index contributed by atoms with van der Waals surface area (Å²) < 4.78 is 0. The van der Waals surface area contributed by atoms with Crippen molar-refractivity contribution in [1.29, 1.82) is 0 Å². The van der Waals surface area contributed by atoms with E-state index < -0.39 is 5.97 Å². The van der Waals surface area contributed by atoms with Crippen molar-refractivity contribution in [2.75, 3.05) is 26.2 Å². The first-order valence-electron chi connectivity index (χ1n) is 7.29. The Morgan fingerprint density at radius 3 is 2.84 bits per heavy atom. The first kappa shape index (κ1) is 14.3. The fraction of sp³-hybridized carbons (Fsp3) is 0.857. The average molecular weight is 268 g/mol. The Morgan fingerprint density at radius 1 is 1.42 bits per heavy atom. The molecule has 2 aliphatic rings. The third kappa shape index (κ3) is 3.69. The minimum absolute atomic E-state index is 0.133. The molecule has 0 aromatic rings. The highest BCUT2D eigenvalue weighted by atomic mass is 16.4. The van der Waals surface area contributed by atoms with Crippen LogP contribution in [0.4, 0.5) is 0 Å². The number of nitrogens with zero attached hydrogens (tertiary/aromatic N) is 1. The molecule has 19 heavy (non-hydrogen) atoms. The Balaban J connectivity index is 1.89. The molecule has 0 bridgehead atoms. The molecule has 2 N–H and O–H groups in total. The monoisotopic (exact) mass is 268 g/mol. The second-order valence-electron chi connectivity index (χ2n) is 5.95. The second-order valence-corrected chi connectivity index (χ2v) is 5.95. The molecule has 5 heteroatoms. The van der Waals surface area contributed by atoms with Gasteiger partial charge in [0.25, 0.3) is 0 Å². The van der Waals surface area contributed by atoms with E-state index in [4.69, 9.17) is 5.11 Å². The van der Waals surface area contributed by atoms with Crippen LogP contribution in [-0.4, -0.2) is 48.1 Å². The molecule has 2 fully saturated rings. The quantitative estimate of drug-likeness (QED) is 0.796. The van der Waals surface area contributed by atoms with Crippen molar-refractivity contribution in [3.8, 4) is 0 Å². The van der Waals surface area contributed by atoms with Gasteiger partial charge < -0.3 is 15.3 Å². The Bertz CT molecular complexity index is 340. The molecular formula is C14H24N2O3. The minimum atomic E-state index is -0.740. The molecule has 3 unspecified atom stereocenters. The summed E-state index contributed by atoms with van der Waals surface area (Å²) in [4.78, 5) is 25.1. The Hall–Kier alpha value is -1.10. The fourth-order valence-corrected chi connectivity index (χ4v) is 3.24. The van der Waals surface area contributed by atoms with Gasteiger partial charge in [-0.05, 0) is 37.6 Å². The Morgan fingerprint density at radius 2 is 2.21 bits per heavy atom. The zero-order valence-corrected chi connectivity index (χ0v) is 11.6. The predicted molar refractivity (Wildman–Crippen MR) is 71.7 cm³/mol. The molecule has 2 heterocycles. The van der Waals surface area contributed by atoms with E-state index in [0.29, 0.717) is 5.92 Å². The van der Waals surface area contributed by atoms with Crippen LogP contribution < -0.4 is 5.32 Å². The van der Waals surface area contributed by atoms with Crippen molar-refractivity contribution in [2.45, 2.75) is 32.6 Å². The lowest BCUT2D eigenvalue weighted by atomic mass is 9.84. The highest BCUT2D eigenvalue weighted by molar-refractivity contribution is 5.79. The lowest BCUT2D eigenvalue weighted by Gasteiger charge is -2.36. The van der Waals surface area contributed by atoms with Gasteiger partial charge in [-0.2, -0.15) is 0 Å². The van der Waals surface area contributed by atoms with Crippen LogP contribution in [0.5, 0.6) is 0 Å². The zero-order chi connectivity index (χ0) is 13.8. The average Bonchev–Trinajstić information content (AvgIpc) is 2.91. The Labute approximate surface area is 114 Å². The lowest BCUT2D eigenvalue weighted by Crippen LogP contribution is -2.45. The number of piperidine rings is 1. The fourth-order valence-electron chi connectivity index (χ4n) is 3.24. The number of nitrogens with one attached hydrogen (secondary N) is 1. The Kier molecular flexibility index (Phi) is 4.80. The van der Waals surface area contributed by atoms with Crippen molar-refractivity contribution in [1.82, 2.24) is 10.2 Å². The number of likely N-dealkylation sites (tertiary alicyclic amines) is 1. The van der Waals surface area contributed by atoms with Crippen molar-refractivity contribution >= 4 is 11.9 Å². The van der Waals surface area contributed by atoms with E-state index in [1.54, 1.807) is 0 Å². The van der Waals surface area contributed by atoms with Crippen LogP contribution in [0.25, 0.3) is 0 Å². The van der Waals surface area contributed by atoms with Crippen LogP contribution in [0.2, 0.25) is 0 Å². The van der Waals surface area contributed by atoms with E-state index >= 15 is 0 Å². The van der Waals surface area contributed by atoms with Crippen molar-refractivity contribution in [2.24, 2.45) is 17.8 Å². The maximum Gasteiger partial charge on any atom is 0.303 e. The molecule has 0 aromatic heterocycles. The van der Waals surface area contributed by atoms with Gasteiger partial charge in [-0.25, -0.2) is 0 Å². The topological polar surface area (TPSA) is 69.6 Å². The van der Waals surface area contributed by atoms with Gasteiger partial charge in [0.1, 0.15) is 0 Å². The summed E-state index contributed by atoms with van der Waals surface area (Å²) in [7, 11) is 0. The van der Waals surface area contributed by atoms with Gasteiger partial charge >= 0.3 is 5.97 Å². The highest BCUT2D eigenvalue weighted by Crippen LogP contribution is 2.27. The standard InChI is InChI=1S/C14H24N2O3/c1-10(7-13(17)18)12-3-2-6-16(9-12)14(19)11-4-5-15-8-11/h10-12,15H,2-9H2,1H3,(H,17,18). The number of carbonyl (C=O) groups excluding carboxylic acids is 1. The summed E-state index contributed by atoms with van der Waals surface area (Å²) in [5, 5.41) is 12.1. The molecule has 2 saturated heterocycles. The zero-order valence-electron chi connectivity index (χ0n) is 11.6. The SMILES string of the molecule is CC(CC(=O)O)C1CCCN(C(=O)C2CCNC2)C1. The summed E-state index contributed by atoms with van der Waals surface area (Å²) in [5.41, 5.74) is 0. The normalized spacial score (nSPS) is 29.2. The molecule has 108 valence electrons. The van der Waals surface area contributed by atoms with Crippen LogP contribution in [0.3, 0.4) is 0 Å². The smallest absolute Gasteiger partial charge is 0.303 e. The van der Waals surface area contributed by atoms with Gasteiger partial charge in [-0.15, -0.1) is 0 Å². The molecule has 5 nitrogen and oxygen atoms in total. The molecule has 0 radical (unpaired) electrons. The van der Waals surface area contributed by atoms with Gasteiger partial charge in [-0.1, -0.05) is 6.92 Å². The summed E-state index contributed by atoms with van der Waals surface area (Å²) in [6.45, 7) is 5.30. The van der Waals surface area contributed by atoms with Gasteiger partial charge in [0, 0.05) is 26.1 Å². The maximum absolute atomic E-state index is 12.4. The van der Waals surface area contributed by atoms with E-state index in [0.717, 1.165) is 45.4 Å². The molecule has 2 aliphatic heterocycles. The van der Waals surface area contributed by atoms with Crippen LogP contribution in [-0.2, 0) is 9.59 Å². The van der Waals surface area contributed by atoms with Crippen LogP contribution in [0, 0.1) is 17.8 Å². The first-order valence-corrected chi connectivity index (χ1v) is 7.29. The molecule has 0 aliphatic carbocycles. The van der Waals surface area contributed by atoms with Gasteiger partial charge in [0.15, 0.2) is 0 Å². The minimum Gasteiger partial charge on any atom is -0.481 e. The van der Waals surface area contributed by atoms with Gasteiger partial charge in [-0.3, -0.25) is 9.59 Å². The highest BCUT2D eigenvalue weighted by Gasteiger charge is 2.32. The number of carboxylic acids is 1. The first-order chi connectivity index (χ1) is 9.08. The number of aliphatic carboxylic acids is 1. The third-order valence-electron chi connectivity index (χ3n) is 4.48. The van der Waals surface area contributed by atoms with Crippen molar-refractivity contribution in [3.05, 3.63) is 0 Å². The molecule has 2 rings (SSSR count). The number of amides is 1. The molecule has 3 atom stereocenters. The molecular weight excluding hydrogens is 244 g/mol. The van der Waals surface area contributed by atoms with E-state index in [-0.39, 0.29) is 24.2 Å².